The summed E-state index contributed by atoms with van der Waals surface area (Å²) < 4.78 is 40.9. The maximum Gasteiger partial charge on any atom is 0.416 e. The van der Waals surface area contributed by atoms with Crippen molar-refractivity contribution in [3.05, 3.63) is 143 Å². The molecule has 264 valence electrons. The van der Waals surface area contributed by atoms with E-state index in [2.05, 4.69) is 5.32 Å². The maximum atomic E-state index is 14.3. The van der Waals surface area contributed by atoms with Gasteiger partial charge < -0.3 is 20.2 Å². The van der Waals surface area contributed by atoms with Gasteiger partial charge in [0.1, 0.15) is 5.60 Å². The van der Waals surface area contributed by atoms with Crippen LogP contribution in [-0.4, -0.2) is 41.3 Å². The highest BCUT2D eigenvalue weighted by molar-refractivity contribution is 6.02. The smallest absolute Gasteiger partial charge is 0.380 e. The topological polar surface area (TPSA) is 72.9 Å². The molecule has 2 heterocycles. The molecule has 1 atom stereocenters. The van der Waals surface area contributed by atoms with E-state index in [1.807, 2.05) is 104 Å². The lowest BCUT2D eigenvalue weighted by Gasteiger charge is -2.43. The minimum atomic E-state index is -4.51. The molecule has 2 N–H and O–H groups in total. The fourth-order valence-corrected chi connectivity index (χ4v) is 8.24. The molecule has 0 bridgehead atoms. The Kier molecular flexibility index (Phi) is 9.04. The van der Waals surface area contributed by atoms with Crippen molar-refractivity contribution < 1.29 is 27.9 Å². The first kappa shape index (κ1) is 34.6. The molecule has 6 nitrogen and oxygen atoms in total. The molecule has 2 aliphatic heterocycles. The van der Waals surface area contributed by atoms with E-state index in [1.54, 1.807) is 4.90 Å². The summed E-state index contributed by atoms with van der Waals surface area (Å²) in [4.78, 5) is 32.1. The molecular weight excluding hydrogens is 651 g/mol. The summed E-state index contributed by atoms with van der Waals surface area (Å²) in [5.41, 5.74) is 2.40. The summed E-state index contributed by atoms with van der Waals surface area (Å²) >= 11 is 0. The number of amides is 1. The summed E-state index contributed by atoms with van der Waals surface area (Å²) in [7, 11) is 0. The van der Waals surface area contributed by atoms with Crippen molar-refractivity contribution in [3.63, 3.8) is 0 Å². The summed E-state index contributed by atoms with van der Waals surface area (Å²) in [6.07, 6.45) is -2.53. The van der Waals surface area contributed by atoms with Gasteiger partial charge in [0.15, 0.2) is 5.78 Å². The van der Waals surface area contributed by atoms with E-state index in [1.165, 1.54) is 12.1 Å². The van der Waals surface area contributed by atoms with Crippen LogP contribution < -0.4 is 10.2 Å². The van der Waals surface area contributed by atoms with E-state index in [0.29, 0.717) is 49.2 Å². The summed E-state index contributed by atoms with van der Waals surface area (Å²) in [5, 5.41) is 15.9. The fraction of sp³-hybridized carbons (Fsp3) is 0.333. The molecule has 1 unspecified atom stereocenters. The Bertz CT molecular complexity index is 1890. The van der Waals surface area contributed by atoms with Crippen LogP contribution >= 0.6 is 0 Å². The zero-order valence-corrected chi connectivity index (χ0v) is 28.8. The predicted molar refractivity (Wildman–Crippen MR) is 192 cm³/mol. The molecule has 0 aromatic heterocycles. The maximum absolute atomic E-state index is 14.3. The number of para-hydroxylation sites is 2. The Balaban J connectivity index is 1.21. The molecule has 1 fully saturated rings. The molecule has 1 aliphatic carbocycles. The van der Waals surface area contributed by atoms with Crippen molar-refractivity contribution in [3.8, 4) is 0 Å². The van der Waals surface area contributed by atoms with Crippen molar-refractivity contribution in [2.24, 2.45) is 11.3 Å². The molecule has 4 aromatic rings. The molecule has 1 saturated heterocycles. The molecule has 0 radical (unpaired) electrons. The largest absolute Gasteiger partial charge is 0.416 e. The first-order valence-corrected chi connectivity index (χ1v) is 17.5. The van der Waals surface area contributed by atoms with Crippen LogP contribution in [0, 0.1) is 11.3 Å². The standard InChI is InChI=1S/C42H42F3N3O3/c1-40(2)25-34-38(36(49)26-40)39(28-17-19-32(20-18-28)42(43,44)45)48(35-16-10-9-15-33(35)46-34)27-37(50)47-23-21-31(22-24-47)41(51,29-11-5-3-6-12-29)30-13-7-4-8-14-30/h3-20,31,39,46,51H,21-27H2,1-2H3. The lowest BCUT2D eigenvalue weighted by Crippen LogP contribution is -2.49. The normalized spacial score (nSPS) is 19.6. The van der Waals surface area contributed by atoms with E-state index < -0.39 is 23.4 Å². The molecule has 0 saturated carbocycles. The highest BCUT2D eigenvalue weighted by Gasteiger charge is 2.45. The second-order valence-electron chi connectivity index (χ2n) is 14.8. The first-order valence-electron chi connectivity index (χ1n) is 17.5. The number of piperidine rings is 1. The lowest BCUT2D eigenvalue weighted by atomic mass is 9.72. The first-order chi connectivity index (χ1) is 24.3. The highest BCUT2D eigenvalue weighted by atomic mass is 19.4. The van der Waals surface area contributed by atoms with Crippen LogP contribution in [0.2, 0.25) is 0 Å². The summed E-state index contributed by atoms with van der Waals surface area (Å²) in [6, 6.07) is 30.9. The van der Waals surface area contributed by atoms with Crippen molar-refractivity contribution in [1.29, 1.82) is 0 Å². The van der Waals surface area contributed by atoms with Crippen molar-refractivity contribution in [2.75, 3.05) is 29.9 Å². The molecule has 4 aromatic carbocycles. The average Bonchev–Trinajstić information content (AvgIpc) is 3.25. The monoisotopic (exact) mass is 693 g/mol. The number of anilines is 2. The van der Waals surface area contributed by atoms with Crippen LogP contribution in [-0.2, 0) is 21.4 Å². The van der Waals surface area contributed by atoms with Gasteiger partial charge >= 0.3 is 6.18 Å². The summed E-state index contributed by atoms with van der Waals surface area (Å²) in [5.74, 6) is -0.396. The lowest BCUT2D eigenvalue weighted by molar-refractivity contribution is -0.137. The van der Waals surface area contributed by atoms with Gasteiger partial charge in [0.05, 0.1) is 29.5 Å². The Hall–Kier alpha value is -4.89. The Morgan fingerprint density at radius 2 is 1.37 bits per heavy atom. The van der Waals surface area contributed by atoms with Gasteiger partial charge in [-0.05, 0) is 71.6 Å². The van der Waals surface area contributed by atoms with Crippen LogP contribution in [0.15, 0.2) is 120 Å². The zero-order valence-electron chi connectivity index (χ0n) is 28.8. The average molecular weight is 694 g/mol. The number of carbonyl (C=O) groups is 2. The van der Waals surface area contributed by atoms with E-state index in [9.17, 15) is 27.9 Å². The molecular formula is C42H42F3N3O3. The number of nitrogens with one attached hydrogen (secondary N) is 1. The summed E-state index contributed by atoms with van der Waals surface area (Å²) in [6.45, 7) is 4.81. The number of benzene rings is 4. The number of hydrogen-bond donors (Lipinski definition) is 2. The van der Waals surface area contributed by atoms with Crippen molar-refractivity contribution in [2.45, 2.75) is 57.3 Å². The van der Waals surface area contributed by atoms with Crippen LogP contribution in [0.3, 0.4) is 0 Å². The second-order valence-corrected chi connectivity index (χ2v) is 14.8. The van der Waals surface area contributed by atoms with Gasteiger partial charge in [-0.2, -0.15) is 13.2 Å². The van der Waals surface area contributed by atoms with Crippen molar-refractivity contribution in [1.82, 2.24) is 4.90 Å². The number of aliphatic hydroxyl groups is 1. The van der Waals surface area contributed by atoms with Crippen LogP contribution in [0.25, 0.3) is 0 Å². The number of hydrogen-bond acceptors (Lipinski definition) is 5. The number of likely N-dealkylation sites (tertiary alicyclic amines) is 1. The Morgan fingerprint density at radius 3 is 1.96 bits per heavy atom. The highest BCUT2D eigenvalue weighted by Crippen LogP contribution is 2.49. The molecule has 9 heteroatoms. The number of carbonyl (C=O) groups excluding carboxylic acids is 2. The molecule has 51 heavy (non-hydrogen) atoms. The fourth-order valence-electron chi connectivity index (χ4n) is 8.24. The Morgan fingerprint density at radius 1 is 0.804 bits per heavy atom. The van der Waals surface area contributed by atoms with Gasteiger partial charge in [-0.15, -0.1) is 0 Å². The predicted octanol–water partition coefficient (Wildman–Crippen LogP) is 8.50. The quantitative estimate of drug-likeness (QED) is 0.212. The number of alkyl halides is 3. The van der Waals surface area contributed by atoms with Gasteiger partial charge in [0, 0.05) is 30.8 Å². The van der Waals surface area contributed by atoms with Gasteiger partial charge in [-0.3, -0.25) is 9.59 Å². The third kappa shape index (κ3) is 6.67. The van der Waals surface area contributed by atoms with E-state index in [4.69, 9.17) is 0 Å². The van der Waals surface area contributed by atoms with Gasteiger partial charge in [-0.25, -0.2) is 0 Å². The minimum Gasteiger partial charge on any atom is -0.380 e. The van der Waals surface area contributed by atoms with Crippen molar-refractivity contribution >= 4 is 23.1 Å². The molecule has 0 spiro atoms. The second kappa shape index (κ2) is 13.3. The van der Waals surface area contributed by atoms with Crippen LogP contribution in [0.1, 0.15) is 67.8 Å². The number of rotatable bonds is 6. The third-order valence-corrected chi connectivity index (χ3v) is 10.7. The molecule has 7 rings (SSSR count). The number of fused-ring (bicyclic) bond motifs is 1. The van der Waals surface area contributed by atoms with Gasteiger partial charge in [-0.1, -0.05) is 98.8 Å². The zero-order chi connectivity index (χ0) is 36.0. The third-order valence-electron chi connectivity index (χ3n) is 10.7. The number of allylic oxidation sites excluding steroid dienone is 1. The molecule has 1 amide bonds. The van der Waals surface area contributed by atoms with Gasteiger partial charge in [0.2, 0.25) is 5.91 Å². The number of nitrogens with zero attached hydrogens (tertiary/aromatic N) is 2. The van der Waals surface area contributed by atoms with Gasteiger partial charge in [0.25, 0.3) is 0 Å². The van der Waals surface area contributed by atoms with E-state index in [-0.39, 0.29) is 36.0 Å². The molecule has 3 aliphatic rings. The minimum absolute atomic E-state index is 0.0918. The number of Topliss-reactive ketones (excluding diaryl/α,β-unsaturated/α-hetero) is 1. The SMILES string of the molecule is CC1(C)CC(=O)C2=C(C1)Nc1ccccc1N(CC(=O)N1CCC(C(O)(c3ccccc3)c3ccccc3)CC1)C2c1ccc(C(F)(F)F)cc1. The number of ketones is 1. The van der Waals surface area contributed by atoms with E-state index in [0.717, 1.165) is 34.6 Å². The van der Waals surface area contributed by atoms with E-state index >= 15 is 0 Å². The number of halogens is 3. The van der Waals surface area contributed by atoms with Crippen LogP contribution in [0.5, 0.6) is 0 Å². The Labute approximate surface area is 296 Å². The van der Waals surface area contributed by atoms with Crippen LogP contribution in [0.4, 0.5) is 24.5 Å².